The molecule has 6 heteroatoms. The Labute approximate surface area is 133 Å². The van der Waals surface area contributed by atoms with Gasteiger partial charge in [-0.2, -0.15) is 5.10 Å². The third-order valence-electron chi connectivity index (χ3n) is 3.48. The van der Waals surface area contributed by atoms with Crippen molar-refractivity contribution in [3.63, 3.8) is 0 Å². The number of aryl methyl sites for hydroxylation is 2. The summed E-state index contributed by atoms with van der Waals surface area (Å²) in [4.78, 5) is 5.49. The number of rotatable bonds is 5. The van der Waals surface area contributed by atoms with Gasteiger partial charge < -0.3 is 9.84 Å². The molecular weight excluding hydrogens is 298 g/mol. The smallest absolute Gasteiger partial charge is 0.213 e. The molecule has 116 valence electrons. The van der Waals surface area contributed by atoms with Crippen LogP contribution in [-0.4, -0.2) is 26.3 Å². The molecule has 0 radical (unpaired) electrons. The third-order valence-corrected chi connectivity index (χ3v) is 4.53. The summed E-state index contributed by atoms with van der Waals surface area (Å²) >= 11 is 1.55. The van der Waals surface area contributed by atoms with Gasteiger partial charge in [-0.1, -0.05) is 29.9 Å². The molecule has 3 aromatic rings. The zero-order valence-corrected chi connectivity index (χ0v) is 13.8. The lowest BCUT2D eigenvalue weighted by molar-refractivity contribution is 0.274. The van der Waals surface area contributed by atoms with Crippen molar-refractivity contribution >= 4 is 16.3 Å². The maximum Gasteiger partial charge on any atom is 0.213 e. The van der Waals surface area contributed by atoms with E-state index in [0.717, 1.165) is 39.0 Å². The molecule has 0 aliphatic carbocycles. The summed E-state index contributed by atoms with van der Waals surface area (Å²) in [5.74, 6) is 0.782. The summed E-state index contributed by atoms with van der Waals surface area (Å²) in [6.07, 6.45) is 0.864. The van der Waals surface area contributed by atoms with Gasteiger partial charge in [0.05, 0.1) is 18.9 Å². The highest BCUT2D eigenvalue weighted by Crippen LogP contribution is 2.34. The van der Waals surface area contributed by atoms with Crippen molar-refractivity contribution in [1.82, 2.24) is 14.6 Å². The Hall–Kier alpha value is -1.92. The molecule has 2 heterocycles. The minimum atomic E-state index is -0.108. The van der Waals surface area contributed by atoms with Crippen LogP contribution in [0.15, 0.2) is 18.2 Å². The lowest BCUT2D eigenvalue weighted by Gasteiger charge is -2.10. The zero-order valence-electron chi connectivity index (χ0n) is 13.0. The van der Waals surface area contributed by atoms with Crippen LogP contribution < -0.4 is 4.74 Å². The number of aliphatic hydroxyl groups excluding tert-OH is 1. The maximum absolute atomic E-state index is 9.80. The number of hydrogen-bond acceptors (Lipinski definition) is 5. The van der Waals surface area contributed by atoms with E-state index in [4.69, 9.17) is 4.74 Å². The Morgan fingerprint density at radius 3 is 2.82 bits per heavy atom. The van der Waals surface area contributed by atoms with Crippen LogP contribution in [0.25, 0.3) is 16.2 Å². The maximum atomic E-state index is 9.80. The van der Waals surface area contributed by atoms with Gasteiger partial charge in [0.2, 0.25) is 4.96 Å². The first-order valence-corrected chi connectivity index (χ1v) is 8.21. The number of hydrogen-bond donors (Lipinski definition) is 1. The highest BCUT2D eigenvalue weighted by Gasteiger charge is 2.20. The van der Waals surface area contributed by atoms with E-state index in [-0.39, 0.29) is 6.61 Å². The second-order valence-corrected chi connectivity index (χ2v) is 6.08. The molecule has 0 atom stereocenters. The fourth-order valence-electron chi connectivity index (χ4n) is 2.44. The lowest BCUT2D eigenvalue weighted by atomic mass is 10.1. The summed E-state index contributed by atoms with van der Waals surface area (Å²) in [6.45, 7) is 6.53. The molecule has 22 heavy (non-hydrogen) atoms. The van der Waals surface area contributed by atoms with Gasteiger partial charge in [0.1, 0.15) is 16.5 Å². The predicted molar refractivity (Wildman–Crippen MR) is 87.5 cm³/mol. The summed E-state index contributed by atoms with van der Waals surface area (Å²) in [5.41, 5.74) is 3.48. The van der Waals surface area contributed by atoms with Crippen LogP contribution in [0.4, 0.5) is 0 Å². The van der Waals surface area contributed by atoms with E-state index in [1.807, 2.05) is 32.0 Å². The first-order chi connectivity index (χ1) is 10.7. The monoisotopic (exact) mass is 317 g/mol. The standard InChI is InChI=1S/C16H19N3O2S/c1-4-14-18-19-12(9-20)15(17-16(19)22-14)11-8-10(3)6-7-13(11)21-5-2/h6-8,20H,4-5,9H2,1-3H3. The first kappa shape index (κ1) is 15.0. The average molecular weight is 317 g/mol. The lowest BCUT2D eigenvalue weighted by Crippen LogP contribution is -1.99. The average Bonchev–Trinajstić information content (AvgIpc) is 3.05. The van der Waals surface area contributed by atoms with Gasteiger partial charge in [-0.15, -0.1) is 0 Å². The van der Waals surface area contributed by atoms with Crippen LogP contribution in [0.3, 0.4) is 0 Å². The summed E-state index contributed by atoms with van der Waals surface area (Å²) < 4.78 is 7.46. The second-order valence-electron chi connectivity index (χ2n) is 5.04. The van der Waals surface area contributed by atoms with Crippen LogP contribution in [0, 0.1) is 6.92 Å². The Bertz CT molecular complexity index is 807. The van der Waals surface area contributed by atoms with Crippen molar-refractivity contribution < 1.29 is 9.84 Å². The van der Waals surface area contributed by atoms with E-state index in [1.54, 1.807) is 15.9 Å². The van der Waals surface area contributed by atoms with Gasteiger partial charge in [0.25, 0.3) is 0 Å². The Morgan fingerprint density at radius 1 is 1.32 bits per heavy atom. The van der Waals surface area contributed by atoms with Gasteiger partial charge in [0.15, 0.2) is 0 Å². The molecule has 0 unspecified atom stereocenters. The molecule has 1 aromatic carbocycles. The van der Waals surface area contributed by atoms with E-state index in [1.165, 1.54) is 0 Å². The van der Waals surface area contributed by atoms with E-state index < -0.39 is 0 Å². The second kappa shape index (κ2) is 6.06. The Morgan fingerprint density at radius 2 is 2.14 bits per heavy atom. The largest absolute Gasteiger partial charge is 0.493 e. The van der Waals surface area contributed by atoms with Gasteiger partial charge >= 0.3 is 0 Å². The highest BCUT2D eigenvalue weighted by molar-refractivity contribution is 7.16. The number of fused-ring (bicyclic) bond motifs is 1. The quantitative estimate of drug-likeness (QED) is 0.785. The summed E-state index contributed by atoms with van der Waals surface area (Å²) in [5, 5.41) is 15.3. The molecule has 0 fully saturated rings. The predicted octanol–water partition coefficient (Wildman–Crippen LogP) is 3.22. The molecule has 0 aliphatic heterocycles. The van der Waals surface area contributed by atoms with Gasteiger partial charge in [-0.25, -0.2) is 9.50 Å². The van der Waals surface area contributed by atoms with Crippen molar-refractivity contribution in [3.8, 4) is 17.0 Å². The molecule has 0 bridgehead atoms. The van der Waals surface area contributed by atoms with Crippen molar-refractivity contribution in [2.45, 2.75) is 33.8 Å². The topological polar surface area (TPSA) is 59.7 Å². The number of benzene rings is 1. The van der Waals surface area contributed by atoms with Crippen molar-refractivity contribution in [2.75, 3.05) is 6.61 Å². The van der Waals surface area contributed by atoms with Gasteiger partial charge in [-0.3, -0.25) is 0 Å². The summed E-state index contributed by atoms with van der Waals surface area (Å²) in [7, 11) is 0. The minimum Gasteiger partial charge on any atom is -0.493 e. The molecule has 0 saturated carbocycles. The minimum absolute atomic E-state index is 0.108. The van der Waals surface area contributed by atoms with Crippen LogP contribution in [0.1, 0.15) is 30.1 Å². The Kier molecular flexibility index (Phi) is 4.13. The molecule has 0 aliphatic rings. The molecule has 5 nitrogen and oxygen atoms in total. The summed E-state index contributed by atoms with van der Waals surface area (Å²) in [6, 6.07) is 6.00. The van der Waals surface area contributed by atoms with Crippen molar-refractivity contribution in [1.29, 1.82) is 0 Å². The normalized spacial score (nSPS) is 11.3. The van der Waals surface area contributed by atoms with Crippen LogP contribution in [0.2, 0.25) is 0 Å². The molecule has 0 spiro atoms. The molecule has 1 N–H and O–H groups in total. The molecule has 2 aromatic heterocycles. The van der Waals surface area contributed by atoms with E-state index in [2.05, 4.69) is 17.0 Å². The Balaban J connectivity index is 2.21. The number of nitrogens with zero attached hydrogens (tertiary/aromatic N) is 3. The highest BCUT2D eigenvalue weighted by atomic mass is 32.1. The van der Waals surface area contributed by atoms with E-state index >= 15 is 0 Å². The molecule has 0 amide bonds. The number of aromatic nitrogens is 3. The molecule has 3 rings (SSSR count). The van der Waals surface area contributed by atoms with Crippen molar-refractivity contribution in [2.24, 2.45) is 0 Å². The van der Waals surface area contributed by atoms with Gasteiger partial charge in [0, 0.05) is 5.56 Å². The number of ether oxygens (including phenoxy) is 1. The van der Waals surface area contributed by atoms with Gasteiger partial charge in [-0.05, 0) is 32.4 Å². The SMILES string of the molecule is CCOc1ccc(C)cc1-c1nc2sc(CC)nn2c1CO. The fourth-order valence-corrected chi connectivity index (χ4v) is 3.29. The number of imidazole rings is 1. The van der Waals surface area contributed by atoms with E-state index in [9.17, 15) is 5.11 Å². The van der Waals surface area contributed by atoms with Crippen LogP contribution in [-0.2, 0) is 13.0 Å². The van der Waals surface area contributed by atoms with E-state index in [0.29, 0.717) is 12.3 Å². The third kappa shape index (κ3) is 2.48. The molecule has 0 saturated heterocycles. The van der Waals surface area contributed by atoms with Crippen molar-refractivity contribution in [3.05, 3.63) is 34.5 Å². The zero-order chi connectivity index (χ0) is 15.7. The fraction of sp³-hybridized carbons (Fsp3) is 0.375. The first-order valence-electron chi connectivity index (χ1n) is 7.39. The number of aliphatic hydroxyl groups is 1. The molecular formula is C16H19N3O2S. The van der Waals surface area contributed by atoms with Crippen LogP contribution in [0.5, 0.6) is 5.75 Å². The van der Waals surface area contributed by atoms with Crippen LogP contribution >= 0.6 is 11.3 Å².